The van der Waals surface area contributed by atoms with Crippen molar-refractivity contribution in [1.82, 2.24) is 14.2 Å². The molecule has 6 nitrogen and oxygen atoms in total. The van der Waals surface area contributed by atoms with Crippen LogP contribution in [-0.4, -0.2) is 36.3 Å². The fraction of sp³-hybridized carbons (Fsp3) is 0.348. The van der Waals surface area contributed by atoms with Crippen LogP contribution in [0.5, 0.6) is 0 Å². The summed E-state index contributed by atoms with van der Waals surface area (Å²) in [6, 6.07) is 13.0. The van der Waals surface area contributed by atoms with E-state index in [1.54, 1.807) is 24.3 Å². The highest BCUT2D eigenvalue weighted by molar-refractivity contribution is 7.89. The van der Waals surface area contributed by atoms with Gasteiger partial charge in [0.05, 0.1) is 10.8 Å². The first-order valence-electron chi connectivity index (χ1n) is 10.5. The quantitative estimate of drug-likeness (QED) is 0.634. The van der Waals surface area contributed by atoms with Crippen molar-refractivity contribution >= 4 is 26.8 Å². The number of rotatable bonds is 6. The van der Waals surface area contributed by atoms with Crippen LogP contribution < -0.4 is 5.32 Å². The zero-order valence-corrected chi connectivity index (χ0v) is 18.2. The number of sulfonamides is 1. The van der Waals surface area contributed by atoms with Crippen LogP contribution in [0.25, 0.3) is 10.9 Å². The van der Waals surface area contributed by atoms with Gasteiger partial charge in [0, 0.05) is 43.3 Å². The zero-order valence-electron chi connectivity index (χ0n) is 17.4. The normalized spacial score (nSPS) is 17.7. The Bertz CT molecular complexity index is 1190. The molecule has 3 aromatic rings. The molecule has 2 aromatic carbocycles. The third-order valence-corrected chi connectivity index (χ3v) is 7.72. The Hall–Kier alpha value is -2.71. The average molecular weight is 444 g/mol. The van der Waals surface area contributed by atoms with E-state index in [0.717, 1.165) is 23.0 Å². The summed E-state index contributed by atoms with van der Waals surface area (Å²) in [4.78, 5) is 12.9. The molecule has 0 spiro atoms. The van der Waals surface area contributed by atoms with Gasteiger partial charge in [-0.05, 0) is 61.7 Å². The molecule has 0 radical (unpaired) electrons. The molecule has 1 aromatic heterocycles. The van der Waals surface area contributed by atoms with E-state index >= 15 is 0 Å². The van der Waals surface area contributed by atoms with Gasteiger partial charge < -0.3 is 9.88 Å². The molecule has 1 aliphatic heterocycles. The van der Waals surface area contributed by atoms with E-state index in [1.165, 1.54) is 16.4 Å². The number of amides is 1. The fourth-order valence-corrected chi connectivity index (χ4v) is 5.63. The molecule has 1 N–H and O–H groups in total. The average Bonchev–Trinajstić information content (AvgIpc) is 3.21. The lowest BCUT2D eigenvalue weighted by Gasteiger charge is -2.31. The van der Waals surface area contributed by atoms with Crippen LogP contribution >= 0.6 is 0 Å². The van der Waals surface area contributed by atoms with Crippen molar-refractivity contribution in [3.05, 3.63) is 66.1 Å². The van der Waals surface area contributed by atoms with E-state index in [4.69, 9.17) is 0 Å². The number of nitrogens with zero attached hydrogens (tertiary/aromatic N) is 2. The summed E-state index contributed by atoms with van der Waals surface area (Å²) in [7, 11) is -3.69. The van der Waals surface area contributed by atoms with Crippen molar-refractivity contribution < 1.29 is 17.6 Å². The van der Waals surface area contributed by atoms with E-state index in [-0.39, 0.29) is 29.7 Å². The van der Waals surface area contributed by atoms with Crippen molar-refractivity contribution in [3.8, 4) is 0 Å². The van der Waals surface area contributed by atoms with Crippen LogP contribution in [0.15, 0.2) is 59.6 Å². The number of carbonyl (C=O) groups excluding carboxylic acids is 1. The highest BCUT2D eigenvalue weighted by atomic mass is 32.2. The third-order valence-electron chi connectivity index (χ3n) is 5.86. The largest absolute Gasteiger partial charge is 0.352 e. The van der Waals surface area contributed by atoms with Crippen LogP contribution in [0.3, 0.4) is 0 Å². The molecule has 0 aliphatic carbocycles. The molecule has 31 heavy (non-hydrogen) atoms. The second-order valence-corrected chi connectivity index (χ2v) is 9.81. The van der Waals surface area contributed by atoms with Gasteiger partial charge in [-0.1, -0.05) is 12.1 Å². The van der Waals surface area contributed by atoms with Crippen LogP contribution in [0, 0.1) is 11.7 Å². The number of aromatic nitrogens is 1. The molecule has 4 rings (SSSR count). The molecule has 1 aliphatic rings. The second-order valence-electron chi connectivity index (χ2n) is 7.87. The van der Waals surface area contributed by atoms with Crippen molar-refractivity contribution in [1.29, 1.82) is 0 Å². The van der Waals surface area contributed by atoms with Gasteiger partial charge in [0.25, 0.3) is 0 Å². The molecule has 1 saturated heterocycles. The van der Waals surface area contributed by atoms with Gasteiger partial charge in [0.1, 0.15) is 5.82 Å². The van der Waals surface area contributed by atoms with E-state index in [0.29, 0.717) is 19.4 Å². The van der Waals surface area contributed by atoms with Gasteiger partial charge in [-0.15, -0.1) is 0 Å². The molecule has 0 unspecified atom stereocenters. The van der Waals surface area contributed by atoms with Gasteiger partial charge >= 0.3 is 0 Å². The maximum absolute atomic E-state index is 13.2. The summed E-state index contributed by atoms with van der Waals surface area (Å²) in [5.74, 6) is -0.916. The molecule has 8 heteroatoms. The predicted molar refractivity (Wildman–Crippen MR) is 117 cm³/mol. The second kappa shape index (κ2) is 8.80. The third kappa shape index (κ3) is 4.50. The molecular formula is C23H26FN3O3S. The Balaban J connectivity index is 1.45. The maximum Gasteiger partial charge on any atom is 0.243 e. The number of halogens is 1. The van der Waals surface area contributed by atoms with Gasteiger partial charge in [0.15, 0.2) is 0 Å². The predicted octanol–water partition coefficient (Wildman–Crippen LogP) is 3.52. The van der Waals surface area contributed by atoms with Crippen LogP contribution in [0.2, 0.25) is 0 Å². The summed E-state index contributed by atoms with van der Waals surface area (Å²) in [5, 5.41) is 3.73. The smallest absolute Gasteiger partial charge is 0.243 e. The lowest BCUT2D eigenvalue weighted by molar-refractivity contribution is -0.126. The first-order valence-corrected chi connectivity index (χ1v) is 11.9. The first kappa shape index (κ1) is 21.5. The minimum Gasteiger partial charge on any atom is -0.352 e. The summed E-state index contributed by atoms with van der Waals surface area (Å²) in [5.41, 5.74) is 1.79. The number of carbonyl (C=O) groups is 1. The molecule has 0 saturated carbocycles. The number of piperidine rings is 1. The van der Waals surface area contributed by atoms with Crippen molar-refractivity contribution in [2.75, 3.05) is 13.1 Å². The van der Waals surface area contributed by atoms with Gasteiger partial charge in [0.2, 0.25) is 15.9 Å². The lowest BCUT2D eigenvalue weighted by Crippen LogP contribution is -2.45. The van der Waals surface area contributed by atoms with Crippen LogP contribution in [0.4, 0.5) is 4.39 Å². The van der Waals surface area contributed by atoms with E-state index in [9.17, 15) is 17.6 Å². The van der Waals surface area contributed by atoms with Crippen molar-refractivity contribution in [2.24, 2.45) is 5.92 Å². The van der Waals surface area contributed by atoms with E-state index < -0.39 is 15.9 Å². The van der Waals surface area contributed by atoms with Gasteiger partial charge in [-0.25, -0.2) is 12.8 Å². The summed E-state index contributed by atoms with van der Waals surface area (Å²) in [6.45, 7) is 3.70. The molecule has 164 valence electrons. The zero-order chi connectivity index (χ0) is 22.0. The minimum absolute atomic E-state index is 0.158. The fourth-order valence-electron chi connectivity index (χ4n) is 4.07. The Labute approximate surface area is 181 Å². The number of benzene rings is 2. The number of fused-ring (bicyclic) bond motifs is 1. The summed E-state index contributed by atoms with van der Waals surface area (Å²) >= 11 is 0. The lowest BCUT2D eigenvalue weighted by atomic mass is 9.99. The van der Waals surface area contributed by atoms with Crippen LogP contribution in [-0.2, 0) is 27.9 Å². The van der Waals surface area contributed by atoms with Crippen molar-refractivity contribution in [2.45, 2.75) is 37.8 Å². The summed E-state index contributed by atoms with van der Waals surface area (Å²) < 4.78 is 43.0. The van der Waals surface area contributed by atoms with Crippen molar-refractivity contribution in [3.63, 3.8) is 0 Å². The minimum atomic E-state index is -3.69. The molecule has 0 bridgehead atoms. The molecule has 1 amide bonds. The molecule has 1 atom stereocenters. The monoisotopic (exact) mass is 443 g/mol. The number of hydrogen-bond acceptors (Lipinski definition) is 3. The van der Waals surface area contributed by atoms with Gasteiger partial charge in [-0.2, -0.15) is 4.31 Å². The highest BCUT2D eigenvalue weighted by Crippen LogP contribution is 2.27. The number of aryl methyl sites for hydroxylation is 1. The Kier molecular flexibility index (Phi) is 6.11. The van der Waals surface area contributed by atoms with Crippen LogP contribution in [0.1, 0.15) is 25.3 Å². The molecule has 1 fully saturated rings. The Morgan fingerprint density at radius 2 is 1.94 bits per heavy atom. The number of hydrogen-bond donors (Lipinski definition) is 1. The maximum atomic E-state index is 13.2. The Morgan fingerprint density at radius 1 is 1.16 bits per heavy atom. The first-order chi connectivity index (χ1) is 14.9. The topological polar surface area (TPSA) is 71.4 Å². The molecule has 2 heterocycles. The van der Waals surface area contributed by atoms with E-state index in [2.05, 4.69) is 9.88 Å². The summed E-state index contributed by atoms with van der Waals surface area (Å²) in [6.07, 6.45) is 3.21. The highest BCUT2D eigenvalue weighted by Gasteiger charge is 2.33. The number of nitrogens with one attached hydrogen (secondary N) is 1. The molecular weight excluding hydrogens is 417 g/mol. The Morgan fingerprint density at radius 3 is 2.68 bits per heavy atom. The van der Waals surface area contributed by atoms with Gasteiger partial charge in [-0.3, -0.25) is 4.79 Å². The SMILES string of the molecule is CCn1ccc2cc(S(=O)(=O)N3CCC[C@H](C(=O)NCc4ccc(F)cc4)C3)ccc21. The van der Waals surface area contributed by atoms with E-state index in [1.807, 2.05) is 25.3 Å². The standard InChI is InChI=1S/C23H26FN3O3S/c1-2-26-13-11-18-14-21(9-10-22(18)26)31(29,30)27-12-3-4-19(16-27)23(28)25-15-17-5-7-20(24)8-6-17/h5-11,13-14,19H,2-4,12,15-16H2,1H3,(H,25,28)/t19-/m0/s1.